The van der Waals surface area contributed by atoms with Crippen molar-refractivity contribution in [2.75, 3.05) is 23.4 Å². The molecular formula is C19H23ClN2O5S2. The van der Waals surface area contributed by atoms with Gasteiger partial charge in [0.2, 0.25) is 15.9 Å². The fourth-order valence-corrected chi connectivity index (χ4v) is 4.56. The largest absolute Gasteiger partial charge is 0.348 e. The van der Waals surface area contributed by atoms with Crippen LogP contribution in [0.1, 0.15) is 24.1 Å². The lowest BCUT2D eigenvalue weighted by molar-refractivity contribution is -0.120. The molecule has 1 N–H and O–H groups in total. The summed E-state index contributed by atoms with van der Waals surface area (Å²) in [4.78, 5) is 12.7. The normalized spacial score (nSPS) is 13.0. The van der Waals surface area contributed by atoms with Crippen LogP contribution in [0.15, 0.2) is 47.4 Å². The topological polar surface area (TPSA) is 101 Å². The van der Waals surface area contributed by atoms with Crippen LogP contribution in [0.2, 0.25) is 5.02 Å². The fraction of sp³-hybridized carbons (Fsp3) is 0.316. The molecule has 7 nitrogen and oxygen atoms in total. The van der Waals surface area contributed by atoms with E-state index >= 15 is 0 Å². The number of rotatable bonds is 7. The first-order chi connectivity index (χ1) is 13.3. The molecule has 0 saturated heterocycles. The van der Waals surface area contributed by atoms with E-state index in [0.717, 1.165) is 16.8 Å². The van der Waals surface area contributed by atoms with E-state index in [-0.39, 0.29) is 4.90 Å². The second-order valence-electron chi connectivity index (χ2n) is 6.83. The van der Waals surface area contributed by atoms with Crippen molar-refractivity contribution in [2.24, 2.45) is 0 Å². The van der Waals surface area contributed by atoms with Crippen LogP contribution in [0, 0.1) is 6.92 Å². The lowest BCUT2D eigenvalue weighted by Gasteiger charge is -2.25. The Kier molecular flexibility index (Phi) is 6.97. The van der Waals surface area contributed by atoms with Crippen molar-refractivity contribution < 1.29 is 21.6 Å². The zero-order valence-electron chi connectivity index (χ0n) is 16.5. The Balaban J connectivity index is 2.18. The lowest BCUT2D eigenvalue weighted by Crippen LogP contribution is -2.41. The van der Waals surface area contributed by atoms with E-state index in [1.54, 1.807) is 44.2 Å². The Morgan fingerprint density at radius 1 is 1.07 bits per heavy atom. The Bertz CT molecular complexity index is 1110. The van der Waals surface area contributed by atoms with E-state index in [2.05, 4.69) is 5.32 Å². The number of amides is 1. The van der Waals surface area contributed by atoms with E-state index in [1.165, 1.54) is 12.1 Å². The molecule has 1 amide bonds. The average molecular weight is 459 g/mol. The summed E-state index contributed by atoms with van der Waals surface area (Å²) >= 11 is 5.93. The van der Waals surface area contributed by atoms with E-state index < -0.39 is 38.4 Å². The van der Waals surface area contributed by atoms with Crippen molar-refractivity contribution in [3.8, 4) is 0 Å². The van der Waals surface area contributed by atoms with Gasteiger partial charge in [0.15, 0.2) is 9.84 Å². The first kappa shape index (κ1) is 23.2. The molecule has 0 saturated carbocycles. The van der Waals surface area contributed by atoms with Gasteiger partial charge in [-0.1, -0.05) is 23.7 Å². The Labute approximate surface area is 176 Å². The Morgan fingerprint density at radius 2 is 1.66 bits per heavy atom. The molecule has 2 aromatic rings. The highest BCUT2D eigenvalue weighted by Crippen LogP contribution is 2.25. The van der Waals surface area contributed by atoms with Gasteiger partial charge >= 0.3 is 0 Å². The number of sulfone groups is 1. The number of anilines is 1. The number of hydrogen-bond acceptors (Lipinski definition) is 5. The first-order valence-corrected chi connectivity index (χ1v) is 12.7. The molecule has 0 aliphatic rings. The highest BCUT2D eigenvalue weighted by molar-refractivity contribution is 7.92. The smallest absolute Gasteiger partial charge is 0.241 e. The van der Waals surface area contributed by atoms with Crippen LogP contribution in [-0.4, -0.2) is 41.8 Å². The van der Waals surface area contributed by atoms with E-state index in [4.69, 9.17) is 11.6 Å². The van der Waals surface area contributed by atoms with E-state index in [9.17, 15) is 21.6 Å². The third-order valence-corrected chi connectivity index (χ3v) is 6.79. The minimum atomic E-state index is -3.71. The summed E-state index contributed by atoms with van der Waals surface area (Å²) < 4.78 is 48.6. The molecule has 2 rings (SSSR count). The predicted molar refractivity (Wildman–Crippen MR) is 114 cm³/mol. The number of aryl methyl sites for hydroxylation is 1. The van der Waals surface area contributed by atoms with Gasteiger partial charge in [-0.25, -0.2) is 16.8 Å². The number of benzene rings is 2. The molecule has 1 atom stereocenters. The highest BCUT2D eigenvalue weighted by atomic mass is 35.5. The van der Waals surface area contributed by atoms with E-state index in [1.807, 2.05) is 0 Å². The van der Waals surface area contributed by atoms with Gasteiger partial charge in [-0.2, -0.15) is 0 Å². The molecule has 0 radical (unpaired) electrons. The average Bonchev–Trinajstić information content (AvgIpc) is 2.58. The first-order valence-electron chi connectivity index (χ1n) is 8.62. The molecule has 0 spiro atoms. The van der Waals surface area contributed by atoms with E-state index in [0.29, 0.717) is 21.8 Å². The Morgan fingerprint density at radius 3 is 2.14 bits per heavy atom. The number of halogens is 1. The quantitative estimate of drug-likeness (QED) is 0.687. The molecule has 158 valence electrons. The minimum Gasteiger partial charge on any atom is -0.348 e. The van der Waals surface area contributed by atoms with Gasteiger partial charge in [0.25, 0.3) is 0 Å². The van der Waals surface area contributed by atoms with Gasteiger partial charge in [0.1, 0.15) is 6.54 Å². The zero-order chi connectivity index (χ0) is 22.0. The molecule has 0 heterocycles. The van der Waals surface area contributed by atoms with Gasteiger partial charge in [0, 0.05) is 11.3 Å². The minimum absolute atomic E-state index is 0.182. The maximum absolute atomic E-state index is 12.5. The van der Waals surface area contributed by atoms with Crippen LogP contribution in [0.3, 0.4) is 0 Å². The third kappa shape index (κ3) is 6.19. The van der Waals surface area contributed by atoms with Crippen LogP contribution in [0.25, 0.3) is 0 Å². The maximum atomic E-state index is 12.5. The molecule has 2 aromatic carbocycles. The molecular weight excluding hydrogens is 436 g/mol. The maximum Gasteiger partial charge on any atom is 0.241 e. The summed E-state index contributed by atoms with van der Waals surface area (Å²) in [6.07, 6.45) is 2.15. The van der Waals surface area contributed by atoms with Crippen molar-refractivity contribution in [3.05, 3.63) is 58.6 Å². The van der Waals surface area contributed by atoms with Crippen LogP contribution >= 0.6 is 11.6 Å². The summed E-state index contributed by atoms with van der Waals surface area (Å²) in [5.74, 6) is -0.496. The second-order valence-corrected chi connectivity index (χ2v) is 11.2. The molecule has 0 aromatic heterocycles. The van der Waals surface area contributed by atoms with Crippen LogP contribution < -0.4 is 9.62 Å². The molecule has 10 heteroatoms. The van der Waals surface area contributed by atoms with Gasteiger partial charge in [-0.15, -0.1) is 0 Å². The van der Waals surface area contributed by atoms with Gasteiger partial charge in [0.05, 0.1) is 22.9 Å². The lowest BCUT2D eigenvalue weighted by atomic mass is 10.1. The molecule has 0 aliphatic heterocycles. The highest BCUT2D eigenvalue weighted by Gasteiger charge is 2.23. The monoisotopic (exact) mass is 458 g/mol. The SMILES string of the molecule is Cc1cc(Cl)ccc1N(CC(=O)NC(C)c1ccc(S(C)(=O)=O)cc1)S(C)(=O)=O. The summed E-state index contributed by atoms with van der Waals surface area (Å²) in [6, 6.07) is 10.5. The summed E-state index contributed by atoms with van der Waals surface area (Å²) in [7, 11) is -7.02. The fourth-order valence-electron chi connectivity index (χ4n) is 2.78. The van der Waals surface area contributed by atoms with Crippen LogP contribution in [0.5, 0.6) is 0 Å². The molecule has 0 aliphatic carbocycles. The molecule has 0 bridgehead atoms. The molecule has 0 fully saturated rings. The van der Waals surface area contributed by atoms with Crippen molar-refractivity contribution in [3.63, 3.8) is 0 Å². The number of hydrogen-bond donors (Lipinski definition) is 1. The predicted octanol–water partition coefficient (Wildman–Crippen LogP) is 2.70. The van der Waals surface area contributed by atoms with Gasteiger partial charge in [-0.05, 0) is 55.3 Å². The number of nitrogens with one attached hydrogen (secondary N) is 1. The summed E-state index contributed by atoms with van der Waals surface area (Å²) in [6.45, 7) is 3.04. The molecule has 1 unspecified atom stereocenters. The van der Waals surface area contributed by atoms with Gasteiger partial charge < -0.3 is 5.32 Å². The third-order valence-electron chi connectivity index (χ3n) is 4.30. The second kappa shape index (κ2) is 8.73. The summed E-state index contributed by atoms with van der Waals surface area (Å²) in [5.41, 5.74) is 1.69. The van der Waals surface area contributed by atoms with Gasteiger partial charge in [-0.3, -0.25) is 9.10 Å². The van der Waals surface area contributed by atoms with Crippen molar-refractivity contribution in [1.82, 2.24) is 5.32 Å². The number of sulfonamides is 1. The molecule has 29 heavy (non-hydrogen) atoms. The summed E-state index contributed by atoms with van der Waals surface area (Å²) in [5, 5.41) is 3.20. The van der Waals surface area contributed by atoms with Crippen molar-refractivity contribution in [2.45, 2.75) is 24.8 Å². The van der Waals surface area contributed by atoms with Crippen molar-refractivity contribution in [1.29, 1.82) is 0 Å². The van der Waals surface area contributed by atoms with Crippen LogP contribution in [-0.2, 0) is 24.7 Å². The Hall–Kier alpha value is -2.10. The van der Waals surface area contributed by atoms with Crippen LogP contribution in [0.4, 0.5) is 5.69 Å². The zero-order valence-corrected chi connectivity index (χ0v) is 18.9. The van der Waals surface area contributed by atoms with Crippen molar-refractivity contribution >= 4 is 43.1 Å². The number of carbonyl (C=O) groups is 1. The number of carbonyl (C=O) groups excluding carboxylic acids is 1. The number of nitrogens with zero attached hydrogens (tertiary/aromatic N) is 1. The standard InChI is InChI=1S/C19H23ClN2O5S2/c1-13-11-16(20)7-10-18(13)22(29(4,26)27)12-19(23)21-14(2)15-5-8-17(9-6-15)28(3,24)25/h5-11,14H,12H2,1-4H3,(H,21,23).